The van der Waals surface area contributed by atoms with Gasteiger partial charge in [-0.15, -0.1) is 0 Å². The quantitative estimate of drug-likeness (QED) is 0.499. The molecular formula is C7H12O. The lowest BCUT2D eigenvalue weighted by molar-refractivity contribution is -0.113. The maximum atomic E-state index is 10.5. The van der Waals surface area contributed by atoms with E-state index in [4.69, 9.17) is 0 Å². The van der Waals surface area contributed by atoms with Crippen molar-refractivity contribution in [2.24, 2.45) is 0 Å². The predicted octanol–water partition coefficient (Wildman–Crippen LogP) is 1.93. The Morgan fingerprint density at radius 2 is 2.12 bits per heavy atom. The van der Waals surface area contributed by atoms with Gasteiger partial charge in [0.1, 0.15) is 0 Å². The molecule has 0 atom stereocenters. The third-order valence-electron chi connectivity index (χ3n) is 1.18. The Kier molecular flexibility index (Phi) is 3.16. The number of rotatable bonds is 2. The molecule has 46 valence electrons. The highest BCUT2D eigenvalue weighted by molar-refractivity contribution is 5.92. The number of allylic oxidation sites excluding steroid dienone is 2. The summed E-state index contributed by atoms with van der Waals surface area (Å²) in [7, 11) is 0. The molecule has 0 bridgehead atoms. The van der Waals surface area contributed by atoms with Crippen molar-refractivity contribution in [1.82, 2.24) is 0 Å². The Labute approximate surface area is 50.4 Å². The second-order valence-electron chi connectivity index (χ2n) is 1.72. The number of hydrogen-bond acceptors (Lipinski definition) is 1. The summed E-state index contributed by atoms with van der Waals surface area (Å²) in [4.78, 5) is 10.5. The van der Waals surface area contributed by atoms with Crippen LogP contribution in [-0.4, -0.2) is 5.78 Å². The van der Waals surface area contributed by atoms with Crippen molar-refractivity contribution >= 4 is 5.78 Å². The summed E-state index contributed by atoms with van der Waals surface area (Å²) in [6.07, 6.45) is 2.72. The van der Waals surface area contributed by atoms with Crippen molar-refractivity contribution in [3.8, 4) is 0 Å². The van der Waals surface area contributed by atoms with E-state index in [1.165, 1.54) is 0 Å². The van der Waals surface area contributed by atoms with Crippen LogP contribution in [0.5, 0.6) is 0 Å². The highest BCUT2D eigenvalue weighted by Gasteiger charge is 1.95. The van der Waals surface area contributed by atoms with E-state index in [1.54, 1.807) is 6.92 Å². The number of carbonyl (C=O) groups excluding carboxylic acids is 1. The first-order valence-electron chi connectivity index (χ1n) is 2.88. The van der Waals surface area contributed by atoms with Crippen molar-refractivity contribution < 1.29 is 4.79 Å². The molecule has 0 aliphatic rings. The van der Waals surface area contributed by atoms with Gasteiger partial charge in [-0.1, -0.05) is 13.0 Å². The standard InChI is InChI=1S/C7H12O/c1-4-7(5-2)6(3)8/h4H,5H2,1-3H3/b7-4-. The van der Waals surface area contributed by atoms with Crippen LogP contribution in [0, 0.1) is 0 Å². The van der Waals surface area contributed by atoms with Crippen LogP contribution in [0.2, 0.25) is 0 Å². The van der Waals surface area contributed by atoms with Crippen molar-refractivity contribution in [1.29, 1.82) is 0 Å². The second-order valence-corrected chi connectivity index (χ2v) is 1.72. The number of ketones is 1. The van der Waals surface area contributed by atoms with Gasteiger partial charge in [0.2, 0.25) is 0 Å². The van der Waals surface area contributed by atoms with Gasteiger partial charge in [0.05, 0.1) is 0 Å². The molecule has 0 aromatic carbocycles. The van der Waals surface area contributed by atoms with Crippen molar-refractivity contribution in [3.05, 3.63) is 11.6 Å². The molecule has 1 heteroatoms. The van der Waals surface area contributed by atoms with Crippen LogP contribution in [0.15, 0.2) is 11.6 Å². The third-order valence-corrected chi connectivity index (χ3v) is 1.18. The molecule has 0 fully saturated rings. The molecule has 0 aromatic heterocycles. The first-order valence-corrected chi connectivity index (χ1v) is 2.88. The van der Waals surface area contributed by atoms with Crippen LogP contribution in [-0.2, 0) is 4.79 Å². The lowest BCUT2D eigenvalue weighted by atomic mass is 10.1. The summed E-state index contributed by atoms with van der Waals surface area (Å²) in [6, 6.07) is 0. The van der Waals surface area contributed by atoms with Gasteiger partial charge in [0, 0.05) is 0 Å². The van der Waals surface area contributed by atoms with E-state index < -0.39 is 0 Å². The normalized spacial score (nSPS) is 11.6. The first kappa shape index (κ1) is 7.41. The summed E-state index contributed by atoms with van der Waals surface area (Å²) in [6.45, 7) is 5.47. The van der Waals surface area contributed by atoms with E-state index in [1.807, 2.05) is 19.9 Å². The smallest absolute Gasteiger partial charge is 0.155 e. The van der Waals surface area contributed by atoms with Gasteiger partial charge in [0.15, 0.2) is 5.78 Å². The summed E-state index contributed by atoms with van der Waals surface area (Å²) < 4.78 is 0. The van der Waals surface area contributed by atoms with Gasteiger partial charge in [-0.3, -0.25) is 4.79 Å². The zero-order valence-electron chi connectivity index (χ0n) is 5.69. The van der Waals surface area contributed by atoms with E-state index in [-0.39, 0.29) is 5.78 Å². The second kappa shape index (κ2) is 3.42. The minimum Gasteiger partial charge on any atom is -0.295 e. The van der Waals surface area contributed by atoms with Crippen molar-refractivity contribution in [2.75, 3.05) is 0 Å². The number of hydrogen-bond donors (Lipinski definition) is 0. The van der Waals surface area contributed by atoms with E-state index in [2.05, 4.69) is 0 Å². The van der Waals surface area contributed by atoms with Gasteiger partial charge in [0.25, 0.3) is 0 Å². The SMILES string of the molecule is C/C=C(/CC)C(C)=O. The number of Topliss-reactive ketones (excluding diaryl/α,β-unsaturated/α-hetero) is 1. The molecule has 0 N–H and O–H groups in total. The molecule has 0 saturated carbocycles. The van der Waals surface area contributed by atoms with Gasteiger partial charge in [-0.05, 0) is 25.8 Å². The molecular weight excluding hydrogens is 100 g/mol. The molecule has 0 aliphatic heterocycles. The van der Waals surface area contributed by atoms with Gasteiger partial charge in [-0.2, -0.15) is 0 Å². The van der Waals surface area contributed by atoms with Crippen LogP contribution in [0.4, 0.5) is 0 Å². The maximum Gasteiger partial charge on any atom is 0.155 e. The zero-order chi connectivity index (χ0) is 6.57. The van der Waals surface area contributed by atoms with Gasteiger partial charge in [-0.25, -0.2) is 0 Å². The van der Waals surface area contributed by atoms with E-state index in [0.29, 0.717) is 0 Å². The summed E-state index contributed by atoms with van der Waals surface area (Å²) in [5, 5.41) is 0. The average molecular weight is 112 g/mol. The molecule has 0 heterocycles. The topological polar surface area (TPSA) is 17.1 Å². The fraction of sp³-hybridized carbons (Fsp3) is 0.571. The molecule has 0 saturated heterocycles. The lowest BCUT2D eigenvalue weighted by Gasteiger charge is -1.92. The van der Waals surface area contributed by atoms with Crippen molar-refractivity contribution in [2.45, 2.75) is 27.2 Å². The lowest BCUT2D eigenvalue weighted by Crippen LogP contribution is -1.92. The third kappa shape index (κ3) is 1.92. The zero-order valence-corrected chi connectivity index (χ0v) is 5.69. The number of carbonyl (C=O) groups is 1. The van der Waals surface area contributed by atoms with Crippen LogP contribution in [0.3, 0.4) is 0 Å². The summed E-state index contributed by atoms with van der Waals surface area (Å²) in [5.41, 5.74) is 0.921. The molecule has 0 spiro atoms. The molecule has 0 radical (unpaired) electrons. The predicted molar refractivity (Wildman–Crippen MR) is 34.7 cm³/mol. The van der Waals surface area contributed by atoms with Crippen LogP contribution >= 0.6 is 0 Å². The minimum absolute atomic E-state index is 0.190. The molecule has 0 aliphatic carbocycles. The summed E-state index contributed by atoms with van der Waals surface area (Å²) >= 11 is 0. The monoisotopic (exact) mass is 112 g/mol. The Bertz CT molecular complexity index is 112. The fourth-order valence-corrected chi connectivity index (χ4v) is 0.656. The first-order chi connectivity index (χ1) is 3.72. The Morgan fingerprint density at radius 1 is 1.62 bits per heavy atom. The van der Waals surface area contributed by atoms with Gasteiger partial charge >= 0.3 is 0 Å². The molecule has 0 rings (SSSR count). The summed E-state index contributed by atoms with van der Waals surface area (Å²) in [5.74, 6) is 0.190. The highest BCUT2D eigenvalue weighted by atomic mass is 16.1. The Hall–Kier alpha value is -0.590. The van der Waals surface area contributed by atoms with Gasteiger partial charge < -0.3 is 0 Å². The highest BCUT2D eigenvalue weighted by Crippen LogP contribution is 1.99. The molecule has 0 unspecified atom stereocenters. The Morgan fingerprint density at radius 3 is 2.12 bits per heavy atom. The minimum atomic E-state index is 0.190. The van der Waals surface area contributed by atoms with Crippen LogP contribution in [0.25, 0.3) is 0 Å². The van der Waals surface area contributed by atoms with Crippen LogP contribution < -0.4 is 0 Å². The molecule has 0 amide bonds. The fourth-order valence-electron chi connectivity index (χ4n) is 0.656. The molecule has 8 heavy (non-hydrogen) atoms. The average Bonchev–Trinajstić information content (AvgIpc) is 1.69. The van der Waals surface area contributed by atoms with E-state index in [0.717, 1.165) is 12.0 Å². The Balaban J connectivity index is 3.92. The molecule has 1 nitrogen and oxygen atoms in total. The molecule has 0 aromatic rings. The van der Waals surface area contributed by atoms with Crippen molar-refractivity contribution in [3.63, 3.8) is 0 Å². The largest absolute Gasteiger partial charge is 0.295 e. The van der Waals surface area contributed by atoms with E-state index >= 15 is 0 Å². The maximum absolute atomic E-state index is 10.5. The van der Waals surface area contributed by atoms with Crippen LogP contribution in [0.1, 0.15) is 27.2 Å². The van der Waals surface area contributed by atoms with E-state index in [9.17, 15) is 4.79 Å².